The van der Waals surface area contributed by atoms with Crippen LogP contribution in [0.3, 0.4) is 0 Å². The number of hydrogen-bond donors (Lipinski definition) is 5. The number of nitrogens with two attached hydrogens (primary N) is 1. The van der Waals surface area contributed by atoms with Crippen molar-refractivity contribution in [2.24, 2.45) is 5.73 Å². The van der Waals surface area contributed by atoms with Gasteiger partial charge in [-0.1, -0.05) is 24.3 Å². The van der Waals surface area contributed by atoms with Crippen LogP contribution in [0.25, 0.3) is 32.9 Å². The highest BCUT2D eigenvalue weighted by Crippen LogP contribution is 2.41. The molecular weight excluding hydrogens is 487 g/mol. The van der Waals surface area contributed by atoms with E-state index >= 15 is 0 Å². The molecule has 0 saturated carbocycles. The topological polar surface area (TPSA) is 141 Å². The van der Waals surface area contributed by atoms with Gasteiger partial charge in [-0.25, -0.2) is 9.18 Å². The van der Waals surface area contributed by atoms with Crippen LogP contribution in [0.1, 0.15) is 49.1 Å². The molecule has 38 heavy (non-hydrogen) atoms. The monoisotopic (exact) mass is 512 g/mol. The fourth-order valence-corrected chi connectivity index (χ4v) is 5.20. The number of aromatic carboxylic acids is 1. The molecule has 1 unspecified atom stereocenters. The predicted octanol–water partition coefficient (Wildman–Crippen LogP) is 4.75. The van der Waals surface area contributed by atoms with Gasteiger partial charge >= 0.3 is 5.97 Å². The number of carboxylic acids is 1. The zero-order valence-electron chi connectivity index (χ0n) is 20.9. The molecule has 1 atom stereocenters. The summed E-state index contributed by atoms with van der Waals surface area (Å²) in [6.07, 6.45) is 0. The average Bonchev–Trinajstić information content (AvgIpc) is 3.45. The van der Waals surface area contributed by atoms with Crippen LogP contribution in [-0.4, -0.2) is 39.9 Å². The maximum atomic E-state index is 14.7. The Morgan fingerprint density at radius 1 is 0.947 bits per heavy atom. The Kier molecular flexibility index (Phi) is 5.99. The molecule has 5 aromatic rings. The Morgan fingerprint density at radius 3 is 2.26 bits per heavy atom. The summed E-state index contributed by atoms with van der Waals surface area (Å²) >= 11 is 0. The summed E-state index contributed by atoms with van der Waals surface area (Å²) in [7, 11) is 1.55. The molecule has 0 aliphatic rings. The SMILES string of the molecule is CNC(=O)c1ccc(-c2ccc3[nH]c(C(=O)O)c(C(C(N)=O)c4c(C)[nH]c5c(F)ccc(C)c45)c3c2)cc1. The van der Waals surface area contributed by atoms with Crippen molar-refractivity contribution in [1.82, 2.24) is 15.3 Å². The van der Waals surface area contributed by atoms with Crippen molar-refractivity contribution in [3.63, 3.8) is 0 Å². The van der Waals surface area contributed by atoms with Crippen LogP contribution in [0.4, 0.5) is 4.39 Å². The quantitative estimate of drug-likeness (QED) is 0.224. The second-order valence-corrected chi connectivity index (χ2v) is 9.25. The first kappa shape index (κ1) is 24.8. The van der Waals surface area contributed by atoms with E-state index in [4.69, 9.17) is 5.73 Å². The summed E-state index contributed by atoms with van der Waals surface area (Å²) in [5.41, 5.74) is 10.4. The third kappa shape index (κ3) is 3.88. The number of carbonyl (C=O) groups is 3. The summed E-state index contributed by atoms with van der Waals surface area (Å²) in [6.45, 7) is 3.50. The van der Waals surface area contributed by atoms with Gasteiger partial charge in [-0.3, -0.25) is 9.59 Å². The fourth-order valence-electron chi connectivity index (χ4n) is 5.20. The summed E-state index contributed by atoms with van der Waals surface area (Å²) in [6, 6.07) is 15.3. The standard InChI is InChI=1S/C29H25FN4O4/c1-13-4-10-19(30)25-21(13)22(14(2)33-25)24(27(31)35)23-18-12-17(9-11-20(18)34-26(23)29(37)38)15-5-7-16(8-6-15)28(36)32-3/h4-12,24,33-34H,1-3H3,(H2,31,35)(H,32,36)(H,37,38). The first-order chi connectivity index (χ1) is 18.1. The zero-order chi connectivity index (χ0) is 27.3. The highest BCUT2D eigenvalue weighted by Gasteiger charge is 2.33. The molecule has 192 valence electrons. The number of carboxylic acid groups (broad SMARTS) is 1. The summed E-state index contributed by atoms with van der Waals surface area (Å²) < 4.78 is 14.7. The number of halogens is 1. The van der Waals surface area contributed by atoms with E-state index in [2.05, 4.69) is 15.3 Å². The summed E-state index contributed by atoms with van der Waals surface area (Å²) in [5, 5.41) is 13.7. The molecule has 0 aliphatic carbocycles. The van der Waals surface area contributed by atoms with Crippen LogP contribution >= 0.6 is 0 Å². The number of amides is 2. The van der Waals surface area contributed by atoms with Crippen molar-refractivity contribution in [2.75, 3.05) is 7.05 Å². The van der Waals surface area contributed by atoms with Crippen molar-refractivity contribution >= 4 is 39.6 Å². The van der Waals surface area contributed by atoms with Crippen LogP contribution in [-0.2, 0) is 4.79 Å². The van der Waals surface area contributed by atoms with Crippen LogP contribution in [0.5, 0.6) is 0 Å². The molecule has 9 heteroatoms. The summed E-state index contributed by atoms with van der Waals surface area (Å²) in [4.78, 5) is 43.3. The molecule has 8 nitrogen and oxygen atoms in total. The number of hydrogen-bond acceptors (Lipinski definition) is 3. The van der Waals surface area contributed by atoms with Gasteiger partial charge < -0.3 is 26.1 Å². The van der Waals surface area contributed by atoms with E-state index in [0.717, 1.165) is 16.7 Å². The number of aromatic nitrogens is 2. The number of H-pyrrole nitrogens is 2. The molecule has 0 saturated heterocycles. The molecule has 0 radical (unpaired) electrons. The van der Waals surface area contributed by atoms with Gasteiger partial charge in [-0.15, -0.1) is 0 Å². The smallest absolute Gasteiger partial charge is 0.352 e. The highest BCUT2D eigenvalue weighted by atomic mass is 19.1. The first-order valence-corrected chi connectivity index (χ1v) is 11.9. The third-order valence-corrected chi connectivity index (χ3v) is 6.97. The van der Waals surface area contributed by atoms with E-state index in [1.165, 1.54) is 6.07 Å². The zero-order valence-corrected chi connectivity index (χ0v) is 20.9. The van der Waals surface area contributed by atoms with Crippen LogP contribution in [0.15, 0.2) is 54.6 Å². The van der Waals surface area contributed by atoms with E-state index in [1.807, 2.05) is 6.07 Å². The molecule has 0 spiro atoms. The number of carbonyl (C=O) groups excluding carboxylic acids is 2. The van der Waals surface area contributed by atoms with E-state index in [9.17, 15) is 23.9 Å². The second-order valence-electron chi connectivity index (χ2n) is 9.25. The van der Waals surface area contributed by atoms with E-state index in [-0.39, 0.29) is 22.7 Å². The van der Waals surface area contributed by atoms with Gasteiger partial charge in [0, 0.05) is 40.2 Å². The van der Waals surface area contributed by atoms with Crippen LogP contribution in [0.2, 0.25) is 0 Å². The van der Waals surface area contributed by atoms with Gasteiger partial charge in [0.25, 0.3) is 5.91 Å². The number of rotatable bonds is 6. The molecule has 0 aliphatic heterocycles. The van der Waals surface area contributed by atoms with Gasteiger partial charge in [0.2, 0.25) is 5.91 Å². The molecule has 6 N–H and O–H groups in total. The largest absolute Gasteiger partial charge is 0.477 e. The third-order valence-electron chi connectivity index (χ3n) is 6.97. The van der Waals surface area contributed by atoms with Gasteiger partial charge in [-0.2, -0.15) is 0 Å². The molecular formula is C29H25FN4O4. The second kappa shape index (κ2) is 9.19. The first-order valence-electron chi connectivity index (χ1n) is 11.9. The van der Waals surface area contributed by atoms with E-state index in [0.29, 0.717) is 33.1 Å². The van der Waals surface area contributed by atoms with Crippen molar-refractivity contribution in [1.29, 1.82) is 0 Å². The Balaban J connectivity index is 1.77. The molecule has 3 aromatic carbocycles. The van der Waals surface area contributed by atoms with Crippen LogP contribution < -0.4 is 11.1 Å². The highest BCUT2D eigenvalue weighted by molar-refractivity contribution is 6.06. The molecule has 5 rings (SSSR count). The lowest BCUT2D eigenvalue weighted by molar-refractivity contribution is -0.118. The number of primary amides is 1. The minimum absolute atomic E-state index is 0.168. The number of benzene rings is 3. The number of nitrogens with one attached hydrogen (secondary N) is 3. The Hall–Kier alpha value is -4.92. The lowest BCUT2D eigenvalue weighted by Crippen LogP contribution is -2.24. The minimum atomic E-state index is -1.25. The minimum Gasteiger partial charge on any atom is -0.477 e. The summed E-state index contributed by atoms with van der Waals surface area (Å²) in [5.74, 6) is -3.88. The average molecular weight is 513 g/mol. The Morgan fingerprint density at radius 2 is 1.63 bits per heavy atom. The van der Waals surface area contributed by atoms with E-state index < -0.39 is 23.6 Å². The molecule has 2 heterocycles. The van der Waals surface area contributed by atoms with Crippen molar-refractivity contribution in [2.45, 2.75) is 19.8 Å². The maximum absolute atomic E-state index is 14.7. The maximum Gasteiger partial charge on any atom is 0.352 e. The van der Waals surface area contributed by atoms with Crippen molar-refractivity contribution in [3.8, 4) is 11.1 Å². The normalized spacial score (nSPS) is 12.1. The number of aromatic amines is 2. The van der Waals surface area contributed by atoms with Crippen LogP contribution in [0, 0.1) is 19.7 Å². The van der Waals surface area contributed by atoms with Crippen molar-refractivity contribution < 1.29 is 23.9 Å². The molecule has 2 aromatic heterocycles. The lowest BCUT2D eigenvalue weighted by atomic mass is 9.85. The lowest BCUT2D eigenvalue weighted by Gasteiger charge is -2.17. The Labute approximate surface area is 216 Å². The van der Waals surface area contributed by atoms with Gasteiger partial charge in [0.05, 0.1) is 11.4 Å². The molecule has 0 bridgehead atoms. The van der Waals surface area contributed by atoms with Gasteiger partial charge in [-0.05, 0) is 66.4 Å². The number of fused-ring (bicyclic) bond motifs is 2. The fraction of sp³-hybridized carbons (Fsp3) is 0.138. The van der Waals surface area contributed by atoms with Crippen molar-refractivity contribution in [3.05, 3.63) is 94.1 Å². The van der Waals surface area contributed by atoms with E-state index in [1.54, 1.807) is 63.4 Å². The number of aryl methyl sites for hydroxylation is 2. The Bertz CT molecular complexity index is 1770. The van der Waals surface area contributed by atoms with Gasteiger partial charge in [0.1, 0.15) is 11.5 Å². The predicted molar refractivity (Wildman–Crippen MR) is 143 cm³/mol. The molecule has 2 amide bonds. The molecule has 0 fully saturated rings. The van der Waals surface area contributed by atoms with Gasteiger partial charge in [0.15, 0.2) is 0 Å².